The Hall–Kier alpha value is -5.33. The first kappa shape index (κ1) is 28.8. The highest BCUT2D eigenvalue weighted by molar-refractivity contribution is 6.31. The number of carbonyl (C=O) groups is 1. The van der Waals surface area contributed by atoms with E-state index in [-0.39, 0.29) is 30.4 Å². The molecule has 2 heterocycles. The van der Waals surface area contributed by atoms with Crippen LogP contribution in [0.1, 0.15) is 29.5 Å². The molecule has 0 aromatic heterocycles. The Balaban J connectivity index is 1.25. The van der Waals surface area contributed by atoms with Crippen LogP contribution in [-0.2, 0) is 11.4 Å². The number of nitriles is 1. The Labute approximate surface area is 258 Å². The van der Waals surface area contributed by atoms with Gasteiger partial charge in [-0.3, -0.25) is 0 Å². The number of hydrogen-bond acceptors (Lipinski definition) is 9. The number of halogens is 1. The molecule has 2 N–H and O–H groups in total. The number of nitrogens with two attached hydrogens (primary N) is 1. The highest BCUT2D eigenvalue weighted by Gasteiger charge is 2.33. The van der Waals surface area contributed by atoms with Gasteiger partial charge in [0.15, 0.2) is 23.0 Å². The van der Waals surface area contributed by atoms with Crippen LogP contribution in [0.4, 0.5) is 0 Å². The molecule has 4 aromatic rings. The monoisotopic (exact) mass is 610 g/mol. The van der Waals surface area contributed by atoms with Crippen LogP contribution in [0.3, 0.4) is 0 Å². The predicted octanol–water partition coefficient (Wildman–Crippen LogP) is 6.28. The largest absolute Gasteiger partial charge is 0.490 e. The molecule has 4 aromatic carbocycles. The lowest BCUT2D eigenvalue weighted by molar-refractivity contribution is -0.144. The van der Waals surface area contributed by atoms with Gasteiger partial charge < -0.3 is 34.2 Å². The third kappa shape index (κ3) is 5.80. The van der Waals surface area contributed by atoms with Crippen LogP contribution < -0.4 is 34.2 Å². The molecule has 0 amide bonds. The fraction of sp³-hybridized carbons (Fsp3) is 0.176. The van der Waals surface area contributed by atoms with E-state index in [2.05, 4.69) is 6.07 Å². The van der Waals surface area contributed by atoms with Crippen LogP contribution >= 0.6 is 11.6 Å². The zero-order chi connectivity index (χ0) is 30.6. The Morgan fingerprint density at radius 3 is 2.57 bits per heavy atom. The van der Waals surface area contributed by atoms with Gasteiger partial charge in [-0.05, 0) is 48.9 Å². The molecular weight excluding hydrogens is 584 g/mol. The van der Waals surface area contributed by atoms with E-state index in [0.717, 1.165) is 11.1 Å². The second-order valence-electron chi connectivity index (χ2n) is 9.93. The van der Waals surface area contributed by atoms with Crippen molar-refractivity contribution in [1.82, 2.24) is 0 Å². The van der Waals surface area contributed by atoms with Crippen molar-refractivity contribution in [3.8, 4) is 40.6 Å². The number of nitrogens with zero attached hydrogens (tertiary/aromatic N) is 1. The van der Waals surface area contributed by atoms with E-state index in [9.17, 15) is 10.1 Å². The lowest BCUT2D eigenvalue weighted by Gasteiger charge is -2.28. The van der Waals surface area contributed by atoms with Crippen molar-refractivity contribution >= 4 is 17.6 Å². The molecule has 44 heavy (non-hydrogen) atoms. The number of carbonyl (C=O) groups excluding carboxylic acids is 1. The quantitative estimate of drug-likeness (QED) is 0.181. The van der Waals surface area contributed by atoms with Gasteiger partial charge in [-0.15, -0.1) is 0 Å². The van der Waals surface area contributed by atoms with E-state index >= 15 is 0 Å². The van der Waals surface area contributed by atoms with Gasteiger partial charge >= 0.3 is 5.97 Å². The Kier molecular flexibility index (Phi) is 8.17. The maximum Gasteiger partial charge on any atom is 0.356 e. The highest BCUT2D eigenvalue weighted by Crippen LogP contribution is 2.45. The fourth-order valence-corrected chi connectivity index (χ4v) is 5.21. The maximum absolute atomic E-state index is 12.9. The number of para-hydroxylation sites is 2. The van der Waals surface area contributed by atoms with E-state index in [1.54, 1.807) is 48.5 Å². The number of fused-ring (bicyclic) bond motifs is 2. The minimum atomic E-state index is -0.944. The zero-order valence-corrected chi connectivity index (χ0v) is 24.4. The van der Waals surface area contributed by atoms with Crippen molar-refractivity contribution in [3.05, 3.63) is 118 Å². The van der Waals surface area contributed by atoms with Crippen molar-refractivity contribution < 1.29 is 33.2 Å². The summed E-state index contributed by atoms with van der Waals surface area (Å²) in [6, 6.07) is 27.1. The second-order valence-corrected chi connectivity index (χ2v) is 10.3. The number of benzene rings is 4. The minimum absolute atomic E-state index is 0.0147. The summed E-state index contributed by atoms with van der Waals surface area (Å²) in [5.41, 5.74) is 8.69. The fourth-order valence-electron chi connectivity index (χ4n) is 5.02. The molecule has 2 aliphatic heterocycles. The predicted molar refractivity (Wildman–Crippen MR) is 161 cm³/mol. The summed E-state index contributed by atoms with van der Waals surface area (Å²) in [4.78, 5) is 12.9. The summed E-state index contributed by atoms with van der Waals surface area (Å²) in [6.07, 6.45) is -0.944. The highest BCUT2D eigenvalue weighted by atomic mass is 35.5. The first-order valence-electron chi connectivity index (χ1n) is 13.9. The van der Waals surface area contributed by atoms with Crippen molar-refractivity contribution in [1.29, 1.82) is 5.26 Å². The number of allylic oxidation sites excluding steroid dienone is 1. The molecule has 0 fully saturated rings. The summed E-state index contributed by atoms with van der Waals surface area (Å²) in [5, 5.41) is 10.6. The smallest absolute Gasteiger partial charge is 0.356 e. The average Bonchev–Trinajstić information content (AvgIpc) is 3.04. The molecule has 10 heteroatoms. The van der Waals surface area contributed by atoms with Crippen LogP contribution in [0.2, 0.25) is 5.02 Å². The van der Waals surface area contributed by atoms with Gasteiger partial charge in [-0.25, -0.2) is 4.79 Å². The van der Waals surface area contributed by atoms with Crippen LogP contribution in [0.15, 0.2) is 96.4 Å². The summed E-state index contributed by atoms with van der Waals surface area (Å²) in [7, 11) is 0. The molecule has 0 saturated carbocycles. The molecule has 2 atom stereocenters. The van der Waals surface area contributed by atoms with E-state index < -0.39 is 18.0 Å². The normalized spacial score (nSPS) is 16.7. The third-order valence-electron chi connectivity index (χ3n) is 7.12. The van der Waals surface area contributed by atoms with Crippen molar-refractivity contribution in [3.63, 3.8) is 0 Å². The maximum atomic E-state index is 12.9. The molecule has 0 saturated heterocycles. The molecule has 0 aliphatic carbocycles. The van der Waals surface area contributed by atoms with Gasteiger partial charge in [0.1, 0.15) is 36.4 Å². The minimum Gasteiger partial charge on any atom is -0.490 e. The van der Waals surface area contributed by atoms with Crippen molar-refractivity contribution in [2.45, 2.75) is 25.6 Å². The molecule has 2 unspecified atom stereocenters. The summed E-state index contributed by atoms with van der Waals surface area (Å²) < 4.78 is 34.8. The summed E-state index contributed by atoms with van der Waals surface area (Å²) >= 11 is 6.30. The summed E-state index contributed by atoms with van der Waals surface area (Å²) in [5.74, 6) is 1.38. The molecule has 9 nitrogen and oxygen atoms in total. The zero-order valence-electron chi connectivity index (χ0n) is 23.6. The molecule has 2 aliphatic rings. The van der Waals surface area contributed by atoms with Gasteiger partial charge in [-0.1, -0.05) is 54.1 Å². The van der Waals surface area contributed by atoms with Gasteiger partial charge in [0, 0.05) is 22.2 Å². The van der Waals surface area contributed by atoms with Crippen LogP contribution in [0, 0.1) is 11.3 Å². The molecule has 0 bridgehead atoms. The summed E-state index contributed by atoms with van der Waals surface area (Å²) in [6.45, 7) is 2.54. The van der Waals surface area contributed by atoms with Gasteiger partial charge in [0.05, 0.1) is 12.5 Å². The van der Waals surface area contributed by atoms with E-state index in [1.807, 2.05) is 43.3 Å². The number of esters is 1. The van der Waals surface area contributed by atoms with Crippen LogP contribution in [-0.4, -0.2) is 25.3 Å². The Bertz CT molecular complexity index is 1800. The second kappa shape index (κ2) is 12.5. The average molecular weight is 611 g/mol. The number of rotatable bonds is 8. The number of hydrogen-bond donors (Lipinski definition) is 1. The first-order valence-corrected chi connectivity index (χ1v) is 14.3. The SMILES string of the molecule is CCOc1cc(C2C(C#N)=C(N)Oc3cc(OC(=O)C4COc5ccccc5O4)ccc32)ccc1OCc1ccccc1Cl. The first-order chi connectivity index (χ1) is 21.4. The van der Waals surface area contributed by atoms with Crippen LogP contribution in [0.25, 0.3) is 0 Å². The Morgan fingerprint density at radius 1 is 0.977 bits per heavy atom. The van der Waals surface area contributed by atoms with Gasteiger partial charge in [-0.2, -0.15) is 5.26 Å². The van der Waals surface area contributed by atoms with Gasteiger partial charge in [0.2, 0.25) is 12.0 Å². The van der Waals surface area contributed by atoms with E-state index in [4.69, 9.17) is 45.8 Å². The molecule has 0 radical (unpaired) electrons. The third-order valence-corrected chi connectivity index (χ3v) is 7.49. The molecule has 222 valence electrons. The van der Waals surface area contributed by atoms with E-state index in [0.29, 0.717) is 45.9 Å². The van der Waals surface area contributed by atoms with E-state index in [1.165, 1.54) is 0 Å². The Morgan fingerprint density at radius 2 is 1.77 bits per heavy atom. The standard InChI is InChI=1S/C34H27ClN2O7/c1-2-39-30-15-20(11-14-27(30)40-18-21-7-3-4-8-25(21)35)32-23-13-12-22(16-29(23)44-33(37)24(32)17-36)42-34(38)31-19-41-26-9-5-6-10-28(26)43-31/h3-16,31-32H,2,18-19,37H2,1H3. The molecule has 0 spiro atoms. The number of ether oxygens (including phenoxy) is 6. The van der Waals surface area contributed by atoms with Crippen LogP contribution in [0.5, 0.6) is 34.5 Å². The molecule has 6 rings (SSSR count). The molecular formula is C34H27ClN2O7. The topological polar surface area (TPSA) is 122 Å². The lowest BCUT2D eigenvalue weighted by Crippen LogP contribution is -2.39. The van der Waals surface area contributed by atoms with Gasteiger partial charge in [0.25, 0.3) is 0 Å². The van der Waals surface area contributed by atoms with Crippen molar-refractivity contribution in [2.75, 3.05) is 13.2 Å². The lowest BCUT2D eigenvalue weighted by atomic mass is 9.83. The van der Waals surface area contributed by atoms with Crippen molar-refractivity contribution in [2.24, 2.45) is 5.73 Å².